The summed E-state index contributed by atoms with van der Waals surface area (Å²) in [6.07, 6.45) is 2.59. The molecular formula is C27H34N4O4. The maximum atomic E-state index is 13.2. The Bertz CT molecular complexity index is 1150. The molecule has 4 rings (SSSR count). The largest absolute Gasteiger partial charge is 0.493 e. The first-order valence-electron chi connectivity index (χ1n) is 12.2. The van der Waals surface area contributed by atoms with Gasteiger partial charge in [0, 0.05) is 12.1 Å². The third kappa shape index (κ3) is 5.82. The van der Waals surface area contributed by atoms with E-state index in [0.717, 1.165) is 42.5 Å². The fourth-order valence-electron chi connectivity index (χ4n) is 4.64. The molecular weight excluding hydrogens is 444 g/mol. The summed E-state index contributed by atoms with van der Waals surface area (Å²) < 4.78 is 16.3. The van der Waals surface area contributed by atoms with Crippen molar-refractivity contribution in [1.29, 1.82) is 0 Å². The van der Waals surface area contributed by atoms with Crippen LogP contribution in [-0.2, 0) is 11.3 Å². The van der Waals surface area contributed by atoms with E-state index in [9.17, 15) is 4.79 Å². The number of amides is 1. The lowest BCUT2D eigenvalue weighted by Gasteiger charge is -2.32. The highest BCUT2D eigenvalue weighted by atomic mass is 16.5. The zero-order chi connectivity index (χ0) is 24.8. The molecule has 2 unspecified atom stereocenters. The minimum Gasteiger partial charge on any atom is -0.493 e. The molecule has 1 aliphatic heterocycles. The first kappa shape index (κ1) is 24.7. The van der Waals surface area contributed by atoms with Crippen molar-refractivity contribution in [3.8, 4) is 22.9 Å². The molecule has 1 aromatic heterocycles. The molecule has 8 heteroatoms. The summed E-state index contributed by atoms with van der Waals surface area (Å²) in [4.78, 5) is 20.0. The smallest absolute Gasteiger partial charge is 0.241 e. The number of likely N-dealkylation sites (tertiary alicyclic amines) is 1. The Labute approximate surface area is 206 Å². The summed E-state index contributed by atoms with van der Waals surface area (Å²) in [5.74, 6) is 2.49. The van der Waals surface area contributed by atoms with Crippen LogP contribution in [0.25, 0.3) is 11.4 Å². The molecule has 2 aromatic carbocycles. The number of rotatable bonds is 9. The van der Waals surface area contributed by atoms with Gasteiger partial charge in [0.15, 0.2) is 11.5 Å². The van der Waals surface area contributed by atoms with Crippen LogP contribution in [0.1, 0.15) is 49.2 Å². The molecule has 1 amide bonds. The second-order valence-corrected chi connectivity index (χ2v) is 8.98. The SMILES string of the molecule is CCC(NC(=O)C1CCCN(Cc2nc(-c3ccccc3C)no2)C1)c1ccc(OC)c(OC)c1. The Morgan fingerprint density at radius 3 is 2.74 bits per heavy atom. The molecule has 0 radical (unpaired) electrons. The van der Waals surface area contributed by atoms with Crippen LogP contribution in [0.3, 0.4) is 0 Å². The number of piperidine rings is 1. The van der Waals surface area contributed by atoms with Gasteiger partial charge < -0.3 is 19.3 Å². The van der Waals surface area contributed by atoms with E-state index >= 15 is 0 Å². The van der Waals surface area contributed by atoms with Crippen LogP contribution in [0.15, 0.2) is 47.0 Å². The number of methoxy groups -OCH3 is 2. The van der Waals surface area contributed by atoms with Crippen molar-refractivity contribution in [3.63, 3.8) is 0 Å². The molecule has 0 bridgehead atoms. The lowest BCUT2D eigenvalue weighted by Crippen LogP contribution is -2.43. The minimum absolute atomic E-state index is 0.0717. The van der Waals surface area contributed by atoms with Crippen LogP contribution in [0.2, 0.25) is 0 Å². The molecule has 1 aliphatic rings. The minimum atomic E-state index is -0.0923. The first-order chi connectivity index (χ1) is 17.0. The third-order valence-corrected chi connectivity index (χ3v) is 6.62. The van der Waals surface area contributed by atoms with Gasteiger partial charge in [-0.3, -0.25) is 9.69 Å². The highest BCUT2D eigenvalue weighted by molar-refractivity contribution is 5.79. The maximum absolute atomic E-state index is 13.2. The second kappa shape index (κ2) is 11.4. The Balaban J connectivity index is 1.38. The van der Waals surface area contributed by atoms with Crippen molar-refractivity contribution >= 4 is 5.91 Å². The number of nitrogens with one attached hydrogen (secondary N) is 1. The van der Waals surface area contributed by atoms with Gasteiger partial charge in [0.2, 0.25) is 17.6 Å². The Kier molecular flexibility index (Phi) is 8.02. The monoisotopic (exact) mass is 478 g/mol. The van der Waals surface area contributed by atoms with E-state index in [2.05, 4.69) is 27.3 Å². The zero-order valence-corrected chi connectivity index (χ0v) is 20.9. The number of ether oxygens (including phenoxy) is 2. The predicted molar refractivity (Wildman–Crippen MR) is 133 cm³/mol. The summed E-state index contributed by atoms with van der Waals surface area (Å²) in [6, 6.07) is 13.7. The van der Waals surface area contributed by atoms with Crippen molar-refractivity contribution < 1.29 is 18.8 Å². The van der Waals surface area contributed by atoms with Gasteiger partial charge >= 0.3 is 0 Å². The number of carbonyl (C=O) groups excluding carboxylic acids is 1. The Hall–Kier alpha value is -3.39. The molecule has 0 spiro atoms. The van der Waals surface area contributed by atoms with Gasteiger partial charge in [-0.2, -0.15) is 4.98 Å². The molecule has 1 N–H and O–H groups in total. The van der Waals surface area contributed by atoms with Crippen LogP contribution >= 0.6 is 0 Å². The number of benzene rings is 2. The highest BCUT2D eigenvalue weighted by Crippen LogP contribution is 2.31. The van der Waals surface area contributed by atoms with Crippen LogP contribution in [0.5, 0.6) is 11.5 Å². The number of hydrogen-bond donors (Lipinski definition) is 1. The van der Waals surface area contributed by atoms with Gasteiger partial charge in [0.1, 0.15) is 0 Å². The third-order valence-electron chi connectivity index (χ3n) is 6.62. The number of hydrogen-bond acceptors (Lipinski definition) is 7. The van der Waals surface area contributed by atoms with Crippen LogP contribution in [-0.4, -0.2) is 48.3 Å². The van der Waals surface area contributed by atoms with Gasteiger partial charge in [0.25, 0.3) is 0 Å². The van der Waals surface area contributed by atoms with Gasteiger partial charge in [0.05, 0.1) is 32.7 Å². The number of aryl methyl sites for hydroxylation is 1. The lowest BCUT2D eigenvalue weighted by molar-refractivity contribution is -0.127. The van der Waals surface area contributed by atoms with Crippen molar-refractivity contribution in [2.45, 2.75) is 45.7 Å². The fraction of sp³-hybridized carbons (Fsp3) is 0.444. The van der Waals surface area contributed by atoms with Crippen molar-refractivity contribution in [1.82, 2.24) is 20.4 Å². The molecule has 2 heterocycles. The quantitative estimate of drug-likeness (QED) is 0.483. The van der Waals surface area contributed by atoms with Crippen LogP contribution in [0.4, 0.5) is 0 Å². The summed E-state index contributed by atoms with van der Waals surface area (Å²) in [7, 11) is 3.23. The average Bonchev–Trinajstić information content (AvgIpc) is 3.35. The second-order valence-electron chi connectivity index (χ2n) is 8.98. The summed E-state index contributed by atoms with van der Waals surface area (Å²) >= 11 is 0. The van der Waals surface area contributed by atoms with Crippen LogP contribution in [0, 0.1) is 12.8 Å². The molecule has 0 aliphatic carbocycles. The molecule has 1 fully saturated rings. The first-order valence-corrected chi connectivity index (χ1v) is 12.2. The molecule has 35 heavy (non-hydrogen) atoms. The van der Waals surface area contributed by atoms with E-state index in [0.29, 0.717) is 36.3 Å². The lowest BCUT2D eigenvalue weighted by atomic mass is 9.95. The van der Waals surface area contributed by atoms with Gasteiger partial charge in [-0.25, -0.2) is 0 Å². The number of aromatic nitrogens is 2. The molecule has 8 nitrogen and oxygen atoms in total. The molecule has 186 valence electrons. The van der Waals surface area contributed by atoms with E-state index in [1.165, 1.54) is 0 Å². The Morgan fingerprint density at radius 1 is 1.20 bits per heavy atom. The topological polar surface area (TPSA) is 89.7 Å². The maximum Gasteiger partial charge on any atom is 0.241 e. The highest BCUT2D eigenvalue weighted by Gasteiger charge is 2.28. The molecule has 0 saturated carbocycles. The van der Waals surface area contributed by atoms with Crippen molar-refractivity contribution in [3.05, 3.63) is 59.5 Å². The molecule has 2 atom stereocenters. The van der Waals surface area contributed by atoms with Crippen LogP contribution < -0.4 is 14.8 Å². The summed E-state index contributed by atoms with van der Waals surface area (Å²) in [5, 5.41) is 7.41. The van der Waals surface area contributed by atoms with E-state index in [-0.39, 0.29) is 17.9 Å². The Morgan fingerprint density at radius 2 is 2.00 bits per heavy atom. The van der Waals surface area contributed by atoms with Crippen molar-refractivity contribution in [2.75, 3.05) is 27.3 Å². The molecule has 1 saturated heterocycles. The normalized spacial score (nSPS) is 17.1. The van der Waals surface area contributed by atoms with E-state index in [1.807, 2.05) is 49.4 Å². The van der Waals surface area contributed by atoms with E-state index < -0.39 is 0 Å². The molecule has 3 aromatic rings. The van der Waals surface area contributed by atoms with Gasteiger partial charge in [-0.1, -0.05) is 42.4 Å². The summed E-state index contributed by atoms with van der Waals surface area (Å²) in [5.41, 5.74) is 3.08. The summed E-state index contributed by atoms with van der Waals surface area (Å²) in [6.45, 7) is 6.20. The number of nitrogens with zero attached hydrogens (tertiary/aromatic N) is 3. The van der Waals surface area contributed by atoms with Crippen molar-refractivity contribution in [2.24, 2.45) is 5.92 Å². The van der Waals surface area contributed by atoms with E-state index in [1.54, 1.807) is 14.2 Å². The fourth-order valence-corrected chi connectivity index (χ4v) is 4.64. The predicted octanol–water partition coefficient (Wildman–Crippen LogP) is 4.54. The average molecular weight is 479 g/mol. The van der Waals surface area contributed by atoms with Gasteiger partial charge in [-0.05, 0) is 56.0 Å². The zero-order valence-electron chi connectivity index (χ0n) is 20.9. The van der Waals surface area contributed by atoms with Gasteiger partial charge in [-0.15, -0.1) is 0 Å². The van der Waals surface area contributed by atoms with E-state index in [4.69, 9.17) is 14.0 Å². The standard InChI is InChI=1S/C27H34N4O4/c1-5-22(19-12-13-23(33-3)24(15-19)34-4)28-27(32)20-10-8-14-31(16-20)17-25-29-26(30-35-25)21-11-7-6-9-18(21)2/h6-7,9,11-13,15,20,22H,5,8,10,14,16-17H2,1-4H3,(H,28,32). The number of carbonyl (C=O) groups is 1.